The van der Waals surface area contributed by atoms with Gasteiger partial charge in [-0.1, -0.05) is 18.2 Å². The number of hydrogen-bond donors (Lipinski definition) is 3. The van der Waals surface area contributed by atoms with Crippen LogP contribution in [0.15, 0.2) is 18.2 Å². The fraction of sp³-hybridized carbons (Fsp3) is 0.316. The van der Waals surface area contributed by atoms with Crippen molar-refractivity contribution in [1.29, 1.82) is 0 Å². The Kier molecular flexibility index (Phi) is 4.31. The first-order chi connectivity index (χ1) is 12.2. The first kappa shape index (κ1) is 17.7. The van der Waals surface area contributed by atoms with Gasteiger partial charge in [-0.2, -0.15) is 5.10 Å². The van der Waals surface area contributed by atoms with Crippen molar-refractivity contribution in [2.75, 3.05) is 0 Å². The van der Waals surface area contributed by atoms with E-state index in [0.29, 0.717) is 22.6 Å². The van der Waals surface area contributed by atoms with E-state index < -0.39 is 17.9 Å². The van der Waals surface area contributed by atoms with E-state index in [1.807, 2.05) is 43.7 Å². The summed E-state index contributed by atoms with van der Waals surface area (Å²) < 4.78 is 1.82. The van der Waals surface area contributed by atoms with E-state index in [4.69, 9.17) is 0 Å². The molecule has 0 spiro atoms. The van der Waals surface area contributed by atoms with Crippen LogP contribution in [0.4, 0.5) is 0 Å². The Balaban J connectivity index is 2.06. The normalized spacial score (nSPS) is 12.3. The molecular weight excluding hydrogens is 332 g/mol. The van der Waals surface area contributed by atoms with E-state index in [2.05, 4.69) is 15.5 Å². The summed E-state index contributed by atoms with van der Waals surface area (Å²) in [7, 11) is 1.82. The number of carbonyl (C=O) groups excluding carboxylic acids is 1. The topological polar surface area (TPSA) is 100 Å². The Hall–Kier alpha value is -3.09. The van der Waals surface area contributed by atoms with Gasteiger partial charge >= 0.3 is 5.97 Å². The molecule has 0 radical (unpaired) electrons. The van der Waals surface area contributed by atoms with E-state index in [1.165, 1.54) is 0 Å². The number of aliphatic carboxylic acids is 1. The second-order valence-corrected chi connectivity index (χ2v) is 6.60. The summed E-state index contributed by atoms with van der Waals surface area (Å²) in [4.78, 5) is 24.8. The summed E-state index contributed by atoms with van der Waals surface area (Å²) in [5.41, 5.74) is 4.98. The third kappa shape index (κ3) is 2.65. The Labute approximate surface area is 151 Å². The summed E-state index contributed by atoms with van der Waals surface area (Å²) in [5.74, 6) is -1.55. The predicted octanol–water partition coefficient (Wildman–Crippen LogP) is 2.69. The number of nitrogens with one attached hydrogen (secondary N) is 2. The van der Waals surface area contributed by atoms with Gasteiger partial charge in [0.25, 0.3) is 5.91 Å². The molecule has 0 bridgehead atoms. The molecule has 3 N–H and O–H groups in total. The predicted molar refractivity (Wildman–Crippen MR) is 98.3 cm³/mol. The number of hydrogen-bond acceptors (Lipinski definition) is 3. The third-order valence-electron chi connectivity index (χ3n) is 4.88. The van der Waals surface area contributed by atoms with Crippen LogP contribution < -0.4 is 5.32 Å². The maximum Gasteiger partial charge on any atom is 0.331 e. The highest BCUT2D eigenvalue weighted by molar-refractivity contribution is 6.03. The van der Waals surface area contributed by atoms with Crippen molar-refractivity contribution in [2.45, 2.75) is 33.7 Å². The van der Waals surface area contributed by atoms with Gasteiger partial charge in [-0.05, 0) is 38.8 Å². The van der Waals surface area contributed by atoms with Gasteiger partial charge < -0.3 is 15.0 Å². The summed E-state index contributed by atoms with van der Waals surface area (Å²) >= 11 is 0. The molecule has 7 heteroatoms. The third-order valence-corrected chi connectivity index (χ3v) is 4.88. The lowest BCUT2D eigenvalue weighted by atomic mass is 10.0. The van der Waals surface area contributed by atoms with Gasteiger partial charge in [0, 0.05) is 23.7 Å². The molecule has 1 aromatic carbocycles. The molecule has 7 nitrogen and oxygen atoms in total. The quantitative estimate of drug-likeness (QED) is 0.670. The lowest BCUT2D eigenvalue weighted by Gasteiger charge is -2.16. The van der Waals surface area contributed by atoms with Crippen molar-refractivity contribution in [3.05, 3.63) is 52.0 Å². The van der Waals surface area contributed by atoms with Crippen LogP contribution in [0.3, 0.4) is 0 Å². The molecule has 2 heterocycles. The number of carbonyl (C=O) groups is 2. The molecule has 0 aliphatic carbocycles. The molecule has 1 unspecified atom stereocenters. The van der Waals surface area contributed by atoms with E-state index in [1.54, 1.807) is 13.8 Å². The average Bonchev–Trinajstić information content (AvgIpc) is 3.03. The highest BCUT2D eigenvalue weighted by atomic mass is 16.4. The Morgan fingerprint density at radius 3 is 2.46 bits per heavy atom. The van der Waals surface area contributed by atoms with Crippen molar-refractivity contribution >= 4 is 22.8 Å². The summed E-state index contributed by atoms with van der Waals surface area (Å²) in [6.07, 6.45) is 0. The van der Waals surface area contributed by atoms with E-state index >= 15 is 0 Å². The van der Waals surface area contributed by atoms with Crippen LogP contribution in [0.2, 0.25) is 0 Å². The zero-order valence-corrected chi connectivity index (χ0v) is 15.5. The fourth-order valence-corrected chi connectivity index (χ4v) is 3.66. The average molecular weight is 354 g/mol. The summed E-state index contributed by atoms with van der Waals surface area (Å²) in [6, 6.07) is 4.74. The highest BCUT2D eigenvalue weighted by Gasteiger charge is 2.29. The molecule has 0 saturated heterocycles. The number of amides is 1. The van der Waals surface area contributed by atoms with E-state index in [-0.39, 0.29) is 0 Å². The molecule has 0 fully saturated rings. The maximum absolute atomic E-state index is 13.0. The van der Waals surface area contributed by atoms with Crippen LogP contribution in [-0.4, -0.2) is 31.7 Å². The smallest absolute Gasteiger partial charge is 0.331 e. The molecule has 136 valence electrons. The standard InChI is InChI=1S/C19H22N4O3/c1-9-7-6-8-13-10(2)17(23(5)16(9)13)18(24)20-15(19(25)26)14-11(3)21-22-12(14)4/h6-8,15H,1-5H3,(H,20,24)(H,21,22)(H,25,26). The lowest BCUT2D eigenvalue weighted by Crippen LogP contribution is -2.35. The van der Waals surface area contributed by atoms with Gasteiger partial charge in [-0.3, -0.25) is 9.89 Å². The van der Waals surface area contributed by atoms with Crippen LogP contribution in [0, 0.1) is 27.7 Å². The van der Waals surface area contributed by atoms with Crippen molar-refractivity contribution in [1.82, 2.24) is 20.1 Å². The van der Waals surface area contributed by atoms with E-state index in [9.17, 15) is 14.7 Å². The number of nitrogens with zero attached hydrogens (tertiary/aromatic N) is 2. The molecule has 3 rings (SSSR count). The van der Waals surface area contributed by atoms with Gasteiger partial charge in [0.1, 0.15) is 5.69 Å². The number of aryl methyl sites for hydroxylation is 5. The first-order valence-corrected chi connectivity index (χ1v) is 8.33. The molecular formula is C19H22N4O3. The zero-order valence-electron chi connectivity index (χ0n) is 15.5. The van der Waals surface area contributed by atoms with Gasteiger partial charge in [0.05, 0.1) is 11.2 Å². The molecule has 0 aliphatic heterocycles. The van der Waals surface area contributed by atoms with Crippen LogP contribution in [0.5, 0.6) is 0 Å². The molecule has 0 aliphatic rings. The van der Waals surface area contributed by atoms with Crippen LogP contribution >= 0.6 is 0 Å². The first-order valence-electron chi connectivity index (χ1n) is 8.33. The minimum Gasteiger partial charge on any atom is -0.479 e. The number of para-hydroxylation sites is 1. The Bertz CT molecular complexity index is 1010. The fourth-order valence-electron chi connectivity index (χ4n) is 3.66. The maximum atomic E-state index is 13.0. The van der Waals surface area contributed by atoms with Gasteiger partial charge in [0.2, 0.25) is 0 Å². The molecule has 3 aromatic rings. The minimum atomic E-state index is -1.17. The van der Waals surface area contributed by atoms with Gasteiger partial charge in [0.15, 0.2) is 6.04 Å². The van der Waals surface area contributed by atoms with Crippen LogP contribution in [0.1, 0.15) is 44.6 Å². The Morgan fingerprint density at radius 2 is 1.92 bits per heavy atom. The molecule has 1 amide bonds. The number of carboxylic acids is 1. The SMILES string of the molecule is Cc1n[nH]c(C)c1C(NC(=O)c1c(C)c2cccc(C)c2n1C)C(=O)O. The number of fused-ring (bicyclic) bond motifs is 1. The zero-order chi connectivity index (χ0) is 19.2. The molecule has 26 heavy (non-hydrogen) atoms. The molecule has 1 atom stereocenters. The minimum absolute atomic E-state index is 0.423. The van der Waals surface area contributed by atoms with Gasteiger partial charge in [-0.25, -0.2) is 4.79 Å². The van der Waals surface area contributed by atoms with Crippen LogP contribution in [0.25, 0.3) is 10.9 Å². The number of aromatic nitrogens is 3. The second-order valence-electron chi connectivity index (χ2n) is 6.60. The van der Waals surface area contributed by atoms with Gasteiger partial charge in [-0.15, -0.1) is 0 Å². The Morgan fingerprint density at radius 1 is 1.23 bits per heavy atom. The summed E-state index contributed by atoms with van der Waals surface area (Å²) in [5, 5.41) is 20.1. The second kappa shape index (κ2) is 6.33. The van der Waals surface area contributed by atoms with Crippen molar-refractivity contribution < 1.29 is 14.7 Å². The monoisotopic (exact) mass is 354 g/mol. The number of aromatic amines is 1. The highest BCUT2D eigenvalue weighted by Crippen LogP contribution is 2.28. The van der Waals surface area contributed by atoms with E-state index in [0.717, 1.165) is 22.0 Å². The largest absolute Gasteiger partial charge is 0.479 e. The van der Waals surface area contributed by atoms with Crippen molar-refractivity contribution in [3.8, 4) is 0 Å². The molecule has 0 saturated carbocycles. The number of carboxylic acid groups (broad SMARTS) is 1. The number of H-pyrrole nitrogens is 1. The lowest BCUT2D eigenvalue weighted by molar-refractivity contribution is -0.139. The van der Waals surface area contributed by atoms with Crippen LogP contribution in [-0.2, 0) is 11.8 Å². The molecule has 2 aromatic heterocycles. The van der Waals surface area contributed by atoms with Crippen molar-refractivity contribution in [3.63, 3.8) is 0 Å². The number of benzene rings is 1. The summed E-state index contributed by atoms with van der Waals surface area (Å²) in [6.45, 7) is 7.32. The number of rotatable bonds is 4. The van der Waals surface area contributed by atoms with Crippen molar-refractivity contribution in [2.24, 2.45) is 7.05 Å².